The highest BCUT2D eigenvalue weighted by Crippen LogP contribution is 2.19. The van der Waals surface area contributed by atoms with Crippen LogP contribution in [0.4, 0.5) is 11.6 Å². The summed E-state index contributed by atoms with van der Waals surface area (Å²) in [6.45, 7) is 11.6. The first-order valence-electron chi connectivity index (χ1n) is 6.36. The van der Waals surface area contributed by atoms with Gasteiger partial charge in [0.15, 0.2) is 0 Å². The van der Waals surface area contributed by atoms with Gasteiger partial charge in [-0.05, 0) is 33.1 Å². The van der Waals surface area contributed by atoms with E-state index in [-0.39, 0.29) is 0 Å². The van der Waals surface area contributed by atoms with Gasteiger partial charge in [-0.15, -0.1) is 0 Å². The van der Waals surface area contributed by atoms with Gasteiger partial charge in [-0.2, -0.15) is 0 Å². The van der Waals surface area contributed by atoms with E-state index in [4.69, 9.17) is 0 Å². The van der Waals surface area contributed by atoms with Gasteiger partial charge in [0, 0.05) is 18.2 Å². The zero-order valence-electron chi connectivity index (χ0n) is 11.5. The lowest BCUT2D eigenvalue weighted by molar-refractivity contribution is 0.538. The van der Waals surface area contributed by atoms with Gasteiger partial charge < -0.3 is 10.6 Å². The molecule has 0 aromatic carbocycles. The number of rotatable bonds is 6. The van der Waals surface area contributed by atoms with E-state index in [2.05, 4.69) is 48.3 Å². The van der Waals surface area contributed by atoms with Crippen molar-refractivity contribution in [2.24, 2.45) is 5.92 Å². The fourth-order valence-electron chi connectivity index (χ4n) is 1.94. The fraction of sp³-hybridized carbons (Fsp3) is 0.692. The normalized spacial score (nSPS) is 12.6. The summed E-state index contributed by atoms with van der Waals surface area (Å²) in [5.41, 5.74) is 1.09. The first-order chi connectivity index (χ1) is 8.04. The van der Waals surface area contributed by atoms with Crippen LogP contribution >= 0.6 is 0 Å². The molecule has 4 nitrogen and oxygen atoms in total. The number of hydrogen-bond acceptors (Lipinski definition) is 4. The Hall–Kier alpha value is -1.32. The molecule has 1 rings (SSSR count). The van der Waals surface area contributed by atoms with Crippen LogP contribution in [0.2, 0.25) is 0 Å². The molecular weight excluding hydrogens is 212 g/mol. The average Bonchev–Trinajstić information content (AvgIpc) is 2.23. The maximum Gasteiger partial charge on any atom is 0.134 e. The molecule has 0 aliphatic heterocycles. The number of hydrogen-bond donors (Lipinski definition) is 2. The molecule has 96 valence electrons. The minimum Gasteiger partial charge on any atom is -0.370 e. The first kappa shape index (κ1) is 13.7. The quantitative estimate of drug-likeness (QED) is 0.797. The number of nitrogens with zero attached hydrogens (tertiary/aromatic N) is 2. The standard InChI is InChI=1S/C13H24N4/c1-6-14-12-11(5)13(16-8-15-12)17-10(4)7-9(2)3/h8-10H,6-7H2,1-5H3,(H2,14,15,16,17). The minimum absolute atomic E-state index is 0.429. The van der Waals surface area contributed by atoms with Crippen molar-refractivity contribution >= 4 is 11.6 Å². The molecule has 2 N–H and O–H groups in total. The van der Waals surface area contributed by atoms with Crippen LogP contribution in [-0.4, -0.2) is 22.6 Å². The Balaban J connectivity index is 2.73. The van der Waals surface area contributed by atoms with E-state index in [0.29, 0.717) is 12.0 Å². The Labute approximate surface area is 104 Å². The Morgan fingerprint density at radius 3 is 2.41 bits per heavy atom. The summed E-state index contributed by atoms with van der Waals surface area (Å²) in [5, 5.41) is 6.69. The van der Waals surface area contributed by atoms with Crippen molar-refractivity contribution in [2.45, 2.75) is 47.1 Å². The maximum atomic E-state index is 4.31. The second-order valence-corrected chi connectivity index (χ2v) is 4.90. The topological polar surface area (TPSA) is 49.8 Å². The second-order valence-electron chi connectivity index (χ2n) is 4.90. The van der Waals surface area contributed by atoms with Gasteiger partial charge in [0.2, 0.25) is 0 Å². The molecule has 0 amide bonds. The summed E-state index contributed by atoms with van der Waals surface area (Å²) in [6, 6.07) is 0.429. The van der Waals surface area contributed by atoms with E-state index < -0.39 is 0 Å². The molecule has 0 saturated carbocycles. The van der Waals surface area contributed by atoms with Crippen molar-refractivity contribution in [1.29, 1.82) is 0 Å². The highest BCUT2D eigenvalue weighted by Gasteiger charge is 2.10. The average molecular weight is 236 g/mol. The molecule has 17 heavy (non-hydrogen) atoms. The van der Waals surface area contributed by atoms with Crippen molar-refractivity contribution in [3.8, 4) is 0 Å². The number of anilines is 2. The summed E-state index contributed by atoms with van der Waals surface area (Å²) >= 11 is 0. The summed E-state index contributed by atoms with van der Waals surface area (Å²) < 4.78 is 0. The lowest BCUT2D eigenvalue weighted by Crippen LogP contribution is -2.19. The van der Waals surface area contributed by atoms with Crippen LogP contribution in [0.25, 0.3) is 0 Å². The highest BCUT2D eigenvalue weighted by molar-refractivity contribution is 5.56. The zero-order valence-corrected chi connectivity index (χ0v) is 11.5. The largest absolute Gasteiger partial charge is 0.370 e. The highest BCUT2D eigenvalue weighted by atomic mass is 15.1. The van der Waals surface area contributed by atoms with Crippen LogP contribution in [0.1, 0.15) is 39.7 Å². The third kappa shape index (κ3) is 4.21. The van der Waals surface area contributed by atoms with E-state index >= 15 is 0 Å². The van der Waals surface area contributed by atoms with Crippen LogP contribution in [0.3, 0.4) is 0 Å². The smallest absolute Gasteiger partial charge is 0.134 e. The molecule has 0 aliphatic rings. The van der Waals surface area contributed by atoms with Crippen molar-refractivity contribution in [1.82, 2.24) is 9.97 Å². The number of aromatic nitrogens is 2. The van der Waals surface area contributed by atoms with Crippen molar-refractivity contribution in [3.63, 3.8) is 0 Å². The van der Waals surface area contributed by atoms with Gasteiger partial charge in [0.1, 0.15) is 18.0 Å². The molecule has 0 fully saturated rings. The van der Waals surface area contributed by atoms with Gasteiger partial charge in [-0.1, -0.05) is 13.8 Å². The van der Waals surface area contributed by atoms with E-state index in [1.807, 2.05) is 6.92 Å². The Morgan fingerprint density at radius 2 is 1.82 bits per heavy atom. The molecule has 0 spiro atoms. The lowest BCUT2D eigenvalue weighted by atomic mass is 10.1. The Kier molecular flexibility index (Phi) is 5.19. The van der Waals surface area contributed by atoms with Crippen LogP contribution in [0.5, 0.6) is 0 Å². The molecule has 1 aromatic heterocycles. The molecule has 0 saturated heterocycles. The van der Waals surface area contributed by atoms with Gasteiger partial charge in [-0.3, -0.25) is 0 Å². The number of nitrogens with one attached hydrogen (secondary N) is 2. The van der Waals surface area contributed by atoms with E-state index in [0.717, 1.165) is 30.2 Å². The molecule has 1 aromatic rings. The molecule has 1 unspecified atom stereocenters. The minimum atomic E-state index is 0.429. The molecular formula is C13H24N4. The Bertz CT molecular complexity index is 349. The van der Waals surface area contributed by atoms with E-state index in [1.54, 1.807) is 6.33 Å². The third-order valence-corrected chi connectivity index (χ3v) is 2.64. The van der Waals surface area contributed by atoms with Crippen molar-refractivity contribution < 1.29 is 0 Å². The predicted octanol–water partition coefficient (Wildman–Crippen LogP) is 3.06. The predicted molar refractivity (Wildman–Crippen MR) is 73.5 cm³/mol. The monoisotopic (exact) mass is 236 g/mol. The summed E-state index contributed by atoms with van der Waals surface area (Å²) in [4.78, 5) is 8.54. The lowest BCUT2D eigenvalue weighted by Gasteiger charge is -2.18. The molecule has 0 bridgehead atoms. The summed E-state index contributed by atoms with van der Waals surface area (Å²) in [6.07, 6.45) is 2.75. The molecule has 0 aliphatic carbocycles. The van der Waals surface area contributed by atoms with Gasteiger partial charge in [-0.25, -0.2) is 9.97 Å². The van der Waals surface area contributed by atoms with Crippen LogP contribution < -0.4 is 10.6 Å². The Morgan fingerprint density at radius 1 is 1.18 bits per heavy atom. The van der Waals surface area contributed by atoms with Crippen molar-refractivity contribution in [3.05, 3.63) is 11.9 Å². The van der Waals surface area contributed by atoms with Gasteiger partial charge >= 0.3 is 0 Å². The van der Waals surface area contributed by atoms with Gasteiger partial charge in [0.25, 0.3) is 0 Å². The van der Waals surface area contributed by atoms with Crippen LogP contribution in [-0.2, 0) is 0 Å². The molecule has 1 atom stereocenters. The van der Waals surface area contributed by atoms with E-state index in [1.165, 1.54) is 0 Å². The van der Waals surface area contributed by atoms with Gasteiger partial charge in [0.05, 0.1) is 0 Å². The van der Waals surface area contributed by atoms with E-state index in [9.17, 15) is 0 Å². The molecule has 0 radical (unpaired) electrons. The van der Waals surface area contributed by atoms with Crippen molar-refractivity contribution in [2.75, 3.05) is 17.2 Å². The second kappa shape index (κ2) is 6.42. The zero-order chi connectivity index (χ0) is 12.8. The fourth-order valence-corrected chi connectivity index (χ4v) is 1.94. The first-order valence-corrected chi connectivity index (χ1v) is 6.36. The summed E-state index contributed by atoms with van der Waals surface area (Å²) in [5.74, 6) is 2.54. The third-order valence-electron chi connectivity index (χ3n) is 2.64. The molecule has 4 heteroatoms. The maximum absolute atomic E-state index is 4.31. The SMILES string of the molecule is CCNc1ncnc(NC(C)CC(C)C)c1C. The van der Waals surface area contributed by atoms with Crippen LogP contribution in [0.15, 0.2) is 6.33 Å². The molecule has 1 heterocycles. The summed E-state index contributed by atoms with van der Waals surface area (Å²) in [7, 11) is 0. The van der Waals surface area contributed by atoms with Crippen LogP contribution in [0, 0.1) is 12.8 Å².